The molecule has 1 amide bonds. The van der Waals surface area contributed by atoms with E-state index in [1.54, 1.807) is 0 Å². The molecule has 140 valence electrons. The lowest BCUT2D eigenvalue weighted by Crippen LogP contribution is -2.48. The molecule has 0 unspecified atom stereocenters. The molecule has 1 aromatic carbocycles. The molecule has 2 heterocycles. The highest BCUT2D eigenvalue weighted by Gasteiger charge is 2.20. The molecule has 1 N–H and O–H groups in total. The number of nitrogens with zero attached hydrogens (tertiary/aromatic N) is 4. The Morgan fingerprint density at radius 2 is 1.88 bits per heavy atom. The van der Waals surface area contributed by atoms with E-state index in [-0.39, 0.29) is 5.91 Å². The Kier molecular flexibility index (Phi) is 6.74. The molecule has 2 aromatic rings. The lowest BCUT2D eigenvalue weighted by molar-refractivity contribution is -0.117. The van der Waals surface area contributed by atoms with Crippen LogP contribution in [0.4, 0.5) is 5.69 Å². The van der Waals surface area contributed by atoms with Gasteiger partial charge in [-0.1, -0.05) is 36.7 Å². The van der Waals surface area contributed by atoms with Crippen LogP contribution in [0.1, 0.15) is 31.5 Å². The van der Waals surface area contributed by atoms with E-state index in [4.69, 9.17) is 4.52 Å². The van der Waals surface area contributed by atoms with Crippen molar-refractivity contribution in [2.45, 2.75) is 32.7 Å². The number of piperazine rings is 1. The fraction of sp³-hybridized carbons (Fsp3) is 0.526. The van der Waals surface area contributed by atoms with Crippen LogP contribution in [0.5, 0.6) is 0 Å². The van der Waals surface area contributed by atoms with E-state index in [9.17, 15) is 4.79 Å². The van der Waals surface area contributed by atoms with Crippen LogP contribution in [0.3, 0.4) is 0 Å². The van der Waals surface area contributed by atoms with Gasteiger partial charge in [0.25, 0.3) is 0 Å². The summed E-state index contributed by atoms with van der Waals surface area (Å²) in [6.45, 7) is 6.77. The topological polar surface area (TPSA) is 74.5 Å². The summed E-state index contributed by atoms with van der Waals surface area (Å²) in [4.78, 5) is 21.1. The third kappa shape index (κ3) is 5.64. The van der Waals surface area contributed by atoms with Crippen molar-refractivity contribution in [2.24, 2.45) is 0 Å². The van der Waals surface area contributed by atoms with Crippen LogP contribution in [0, 0.1) is 0 Å². The van der Waals surface area contributed by atoms with Gasteiger partial charge in [0.2, 0.25) is 11.8 Å². The number of amides is 1. The molecule has 3 rings (SSSR count). The molecule has 0 bridgehead atoms. The predicted molar refractivity (Wildman–Crippen MR) is 99.7 cm³/mol. The Morgan fingerprint density at radius 1 is 1.15 bits per heavy atom. The van der Waals surface area contributed by atoms with E-state index >= 15 is 0 Å². The number of nitrogens with one attached hydrogen (secondary N) is 1. The van der Waals surface area contributed by atoms with Gasteiger partial charge in [-0.05, 0) is 18.6 Å². The van der Waals surface area contributed by atoms with Crippen LogP contribution >= 0.6 is 0 Å². The number of anilines is 1. The van der Waals surface area contributed by atoms with Gasteiger partial charge in [0.1, 0.15) is 0 Å². The van der Waals surface area contributed by atoms with Gasteiger partial charge in [0, 0.05) is 38.3 Å². The molecule has 0 saturated carbocycles. The standard InChI is InChI=1S/C19H27N5O2/c1-2-3-9-17-21-19(26-22-17)15-24-12-10-23(11-13-24)14-18(25)20-16-7-5-4-6-8-16/h4-8H,2-3,9-15H2,1H3,(H,20,25). The van der Waals surface area contributed by atoms with Gasteiger partial charge in [-0.25, -0.2) is 0 Å². The average molecular weight is 357 g/mol. The van der Waals surface area contributed by atoms with Gasteiger partial charge < -0.3 is 9.84 Å². The first kappa shape index (κ1) is 18.5. The highest BCUT2D eigenvalue weighted by Crippen LogP contribution is 2.09. The zero-order chi connectivity index (χ0) is 18.2. The molecule has 7 heteroatoms. The van der Waals surface area contributed by atoms with Crippen molar-refractivity contribution in [3.63, 3.8) is 0 Å². The Balaban J connectivity index is 1.38. The lowest BCUT2D eigenvalue weighted by Gasteiger charge is -2.33. The molecular formula is C19H27N5O2. The molecule has 1 aliphatic rings. The van der Waals surface area contributed by atoms with Gasteiger partial charge in [-0.3, -0.25) is 14.6 Å². The monoisotopic (exact) mass is 357 g/mol. The van der Waals surface area contributed by atoms with E-state index in [1.807, 2.05) is 30.3 Å². The second-order valence-corrected chi connectivity index (χ2v) is 6.67. The minimum absolute atomic E-state index is 0.0297. The molecule has 1 saturated heterocycles. The zero-order valence-electron chi connectivity index (χ0n) is 15.4. The molecule has 7 nitrogen and oxygen atoms in total. The summed E-state index contributed by atoms with van der Waals surface area (Å²) in [5, 5.41) is 6.97. The second-order valence-electron chi connectivity index (χ2n) is 6.67. The van der Waals surface area contributed by atoms with Gasteiger partial charge in [-0.15, -0.1) is 0 Å². The zero-order valence-corrected chi connectivity index (χ0v) is 15.4. The number of para-hydroxylation sites is 1. The number of carbonyl (C=O) groups excluding carboxylic acids is 1. The van der Waals surface area contributed by atoms with Crippen molar-refractivity contribution in [1.82, 2.24) is 19.9 Å². The molecule has 0 aliphatic carbocycles. The average Bonchev–Trinajstić information content (AvgIpc) is 3.10. The smallest absolute Gasteiger partial charge is 0.240 e. The van der Waals surface area contributed by atoms with Crippen molar-refractivity contribution in [1.29, 1.82) is 0 Å². The van der Waals surface area contributed by atoms with E-state index < -0.39 is 0 Å². The highest BCUT2D eigenvalue weighted by atomic mass is 16.5. The van der Waals surface area contributed by atoms with Crippen molar-refractivity contribution in [2.75, 3.05) is 38.0 Å². The molecular weight excluding hydrogens is 330 g/mol. The first-order chi connectivity index (χ1) is 12.7. The third-order valence-electron chi connectivity index (χ3n) is 4.51. The van der Waals surface area contributed by atoms with Gasteiger partial charge in [0.05, 0.1) is 13.1 Å². The summed E-state index contributed by atoms with van der Waals surface area (Å²) in [5.74, 6) is 1.52. The Hall–Kier alpha value is -2.25. The summed E-state index contributed by atoms with van der Waals surface area (Å²) in [5.41, 5.74) is 0.839. The van der Waals surface area contributed by atoms with Crippen molar-refractivity contribution < 1.29 is 9.32 Å². The predicted octanol–water partition coefficient (Wildman–Crippen LogP) is 2.17. The van der Waals surface area contributed by atoms with Gasteiger partial charge in [0.15, 0.2) is 5.82 Å². The molecule has 0 radical (unpaired) electrons. The van der Waals surface area contributed by atoms with Crippen LogP contribution in [0.25, 0.3) is 0 Å². The maximum Gasteiger partial charge on any atom is 0.240 e. The molecule has 1 aliphatic heterocycles. The van der Waals surface area contributed by atoms with Crippen LogP contribution in [-0.4, -0.2) is 58.6 Å². The van der Waals surface area contributed by atoms with Crippen LogP contribution in [-0.2, 0) is 17.8 Å². The first-order valence-corrected chi connectivity index (χ1v) is 9.34. The van der Waals surface area contributed by atoms with Gasteiger partial charge >= 0.3 is 0 Å². The number of hydrogen-bond donors (Lipinski definition) is 1. The molecule has 0 atom stereocenters. The minimum atomic E-state index is 0.0297. The molecule has 1 fully saturated rings. The highest BCUT2D eigenvalue weighted by molar-refractivity contribution is 5.92. The molecule has 1 aromatic heterocycles. The van der Waals surface area contributed by atoms with Crippen LogP contribution in [0.15, 0.2) is 34.9 Å². The first-order valence-electron chi connectivity index (χ1n) is 9.34. The fourth-order valence-electron chi connectivity index (χ4n) is 3.01. The molecule has 26 heavy (non-hydrogen) atoms. The van der Waals surface area contributed by atoms with E-state index in [0.717, 1.165) is 57.0 Å². The quantitative estimate of drug-likeness (QED) is 0.780. The maximum absolute atomic E-state index is 12.1. The molecule has 0 spiro atoms. The number of aryl methyl sites for hydroxylation is 1. The summed E-state index contributed by atoms with van der Waals surface area (Å²) < 4.78 is 5.34. The minimum Gasteiger partial charge on any atom is -0.338 e. The van der Waals surface area contributed by atoms with Crippen molar-refractivity contribution >= 4 is 11.6 Å². The van der Waals surface area contributed by atoms with Crippen LogP contribution < -0.4 is 5.32 Å². The van der Waals surface area contributed by atoms with Crippen LogP contribution in [0.2, 0.25) is 0 Å². The number of aromatic nitrogens is 2. The van der Waals surface area contributed by atoms with E-state index in [2.05, 4.69) is 32.2 Å². The second kappa shape index (κ2) is 9.45. The van der Waals surface area contributed by atoms with E-state index in [0.29, 0.717) is 19.0 Å². The fourth-order valence-corrected chi connectivity index (χ4v) is 3.01. The summed E-state index contributed by atoms with van der Waals surface area (Å²) in [7, 11) is 0. The largest absolute Gasteiger partial charge is 0.338 e. The number of carbonyl (C=O) groups is 1. The lowest BCUT2D eigenvalue weighted by atomic mass is 10.2. The number of rotatable bonds is 8. The normalized spacial score (nSPS) is 15.9. The van der Waals surface area contributed by atoms with Crippen molar-refractivity contribution in [3.05, 3.63) is 42.0 Å². The summed E-state index contributed by atoms with van der Waals surface area (Å²) >= 11 is 0. The summed E-state index contributed by atoms with van der Waals surface area (Å²) in [6.07, 6.45) is 3.09. The Morgan fingerprint density at radius 3 is 2.62 bits per heavy atom. The maximum atomic E-state index is 12.1. The SMILES string of the molecule is CCCCc1noc(CN2CCN(CC(=O)Nc3ccccc3)CC2)n1. The number of hydrogen-bond acceptors (Lipinski definition) is 6. The third-order valence-corrected chi connectivity index (χ3v) is 4.51. The summed E-state index contributed by atoms with van der Waals surface area (Å²) in [6, 6.07) is 9.56. The van der Waals surface area contributed by atoms with Gasteiger partial charge in [-0.2, -0.15) is 4.98 Å². The van der Waals surface area contributed by atoms with Crippen molar-refractivity contribution in [3.8, 4) is 0 Å². The van der Waals surface area contributed by atoms with E-state index in [1.165, 1.54) is 0 Å². The Labute approximate surface area is 154 Å². The number of benzene rings is 1. The number of unbranched alkanes of at least 4 members (excludes halogenated alkanes) is 1. The Bertz CT molecular complexity index is 680.